The summed E-state index contributed by atoms with van der Waals surface area (Å²) in [6.07, 6.45) is 8.02. The molecule has 0 aliphatic rings. The summed E-state index contributed by atoms with van der Waals surface area (Å²) < 4.78 is 22.5. The van der Waals surface area contributed by atoms with E-state index >= 15 is 0 Å². The number of allylic oxidation sites excluding steroid dienone is 5. The summed E-state index contributed by atoms with van der Waals surface area (Å²) in [6.45, 7) is 6.10. The third-order valence-corrected chi connectivity index (χ3v) is 23.9. The van der Waals surface area contributed by atoms with Gasteiger partial charge in [0.15, 0.2) is 0 Å². The van der Waals surface area contributed by atoms with Crippen molar-refractivity contribution in [2.45, 2.75) is 6.92 Å². The first-order chi connectivity index (χ1) is 56.9. The van der Waals surface area contributed by atoms with Gasteiger partial charge in [-0.25, -0.2) is 0 Å². The number of hydrogen-bond donors (Lipinski definition) is 0. The average Bonchev–Trinajstić information content (AvgIpc) is 1.41. The summed E-state index contributed by atoms with van der Waals surface area (Å²) in [5.74, 6) is 0. The molecule has 115 heavy (non-hydrogen) atoms. The molecule has 0 saturated carbocycles. The number of para-hydroxylation sites is 4. The summed E-state index contributed by atoms with van der Waals surface area (Å²) in [5.41, 5.74) is 33.5. The molecular weight excluding hydrogens is 1400 g/mol. The third-order valence-electron chi connectivity index (χ3n) is 23.9. The van der Waals surface area contributed by atoms with E-state index in [1.54, 1.807) is 0 Å². The van der Waals surface area contributed by atoms with Crippen LogP contribution < -0.4 is 0 Å². The Kier molecular flexibility index (Phi) is 15.0. The minimum Gasteiger partial charge on any atom is -0.456 e. The van der Waals surface area contributed by atoms with Crippen LogP contribution in [-0.4, -0.2) is 18.3 Å². The predicted molar refractivity (Wildman–Crippen MR) is 484 cm³/mol. The highest BCUT2D eigenvalue weighted by Crippen LogP contribution is 2.46. The highest BCUT2D eigenvalue weighted by molar-refractivity contribution is 6.28. The number of aromatic nitrogens is 4. The molecule has 0 fully saturated rings. The maximum absolute atomic E-state index is 6.43. The predicted octanol–water partition coefficient (Wildman–Crippen LogP) is 30.0. The van der Waals surface area contributed by atoms with Crippen molar-refractivity contribution < 1.29 is 8.83 Å². The maximum atomic E-state index is 6.43. The highest BCUT2D eigenvalue weighted by Gasteiger charge is 2.24. The summed E-state index contributed by atoms with van der Waals surface area (Å²) in [4.78, 5) is 0. The standard InChI is InChI=1S/C109H70N4O2/c1-3-4-6-19-68(2)74-42-55-97-91(64-74)93-66-80(44-57-99(93)110(97)82-46-36-71(37-47-82)73-40-52-85(53-41-73)113-95-30-13-9-26-86(95)87-54-60-105-108(109(87)113)90-29-12-16-33-103(90)115-105)77-24-17-22-75(62-77)76-23-18-25-78(63-76)81-45-58-100-94(67-81)92-65-79(69-20-7-5-8-21-69)43-56-98(92)111(100)83-48-34-70(35-49-83)72-38-50-84(51-39-72)112-96-31-14-10-27-88(96)106-101(112)59-61-104-107(106)89-28-11-15-32-102(89)114-104/h3-67H,1H2,2H3/b6-4-,68-19+. The van der Waals surface area contributed by atoms with Gasteiger partial charge in [-0.15, -0.1) is 0 Å². The van der Waals surface area contributed by atoms with E-state index in [0.717, 1.165) is 161 Å². The van der Waals surface area contributed by atoms with Gasteiger partial charge in [0.25, 0.3) is 0 Å². The average molecular weight is 1470 g/mol. The Labute approximate surface area is 662 Å². The van der Waals surface area contributed by atoms with Gasteiger partial charge in [-0.3, -0.25) is 0 Å². The van der Waals surface area contributed by atoms with Crippen molar-refractivity contribution in [3.63, 3.8) is 0 Å². The zero-order valence-electron chi connectivity index (χ0n) is 62.8. The Bertz CT molecular complexity index is 8010. The lowest BCUT2D eigenvalue weighted by Gasteiger charge is -2.12. The van der Waals surface area contributed by atoms with Crippen LogP contribution in [0.15, 0.2) is 410 Å². The van der Waals surface area contributed by atoms with Crippen molar-refractivity contribution in [2.24, 2.45) is 0 Å². The van der Waals surface area contributed by atoms with Crippen LogP contribution in [0.4, 0.5) is 0 Å². The first-order valence-corrected chi connectivity index (χ1v) is 39.4. The van der Waals surface area contributed by atoms with E-state index in [0.29, 0.717) is 0 Å². The van der Waals surface area contributed by atoms with E-state index in [1.807, 2.05) is 24.3 Å². The summed E-state index contributed by atoms with van der Waals surface area (Å²) in [7, 11) is 0. The van der Waals surface area contributed by atoms with E-state index in [1.165, 1.54) is 70.9 Å². The number of hydrogen-bond acceptors (Lipinski definition) is 2. The second-order valence-corrected chi connectivity index (χ2v) is 30.4. The van der Waals surface area contributed by atoms with Gasteiger partial charge in [-0.2, -0.15) is 0 Å². The zero-order valence-corrected chi connectivity index (χ0v) is 62.8. The molecule has 23 rings (SSSR count). The monoisotopic (exact) mass is 1470 g/mol. The molecule has 0 aliphatic heterocycles. The van der Waals surface area contributed by atoms with Gasteiger partial charge in [-0.05, 0) is 243 Å². The lowest BCUT2D eigenvalue weighted by Crippen LogP contribution is -1.95. The van der Waals surface area contributed by atoms with Crippen molar-refractivity contribution in [3.05, 3.63) is 406 Å². The van der Waals surface area contributed by atoms with Crippen molar-refractivity contribution >= 4 is 137 Å². The van der Waals surface area contributed by atoms with Crippen LogP contribution in [0.1, 0.15) is 12.5 Å². The van der Waals surface area contributed by atoms with Gasteiger partial charge in [-0.1, -0.05) is 243 Å². The van der Waals surface area contributed by atoms with Crippen molar-refractivity contribution in [2.75, 3.05) is 0 Å². The molecule has 23 aromatic rings. The van der Waals surface area contributed by atoms with Gasteiger partial charge < -0.3 is 27.1 Å². The van der Waals surface area contributed by atoms with Crippen LogP contribution in [-0.2, 0) is 0 Å². The number of rotatable bonds is 13. The molecule has 17 aromatic carbocycles. The molecule has 0 atom stereocenters. The van der Waals surface area contributed by atoms with Crippen LogP contribution in [0, 0.1) is 0 Å². The van der Waals surface area contributed by atoms with E-state index in [2.05, 4.69) is 402 Å². The SMILES string of the molecule is C=C/C=C\C=C(/C)c1ccc2c(c1)c1cc(-c3cccc(-c4cccc(-c5ccc6c(c5)c5cc(-c7ccccc7)ccc5n6-c5ccc(-c6ccc(-n7c8ccccc8c8c9c(ccc87)oc7ccccc79)cc6)cc5)c4)c3)ccc1n2-c1ccc(-c2ccc(-n3c4ccccc4c4ccc5oc6ccccc6c5c43)cc2)cc1. The Hall–Kier alpha value is -15.2. The maximum Gasteiger partial charge on any atom is 0.137 e. The molecule has 538 valence electrons. The fraction of sp³-hybridized carbons (Fsp3) is 0.00917. The first-order valence-electron chi connectivity index (χ1n) is 39.4. The zero-order chi connectivity index (χ0) is 75.9. The Morgan fingerprint density at radius 1 is 0.235 bits per heavy atom. The molecule has 6 nitrogen and oxygen atoms in total. The Morgan fingerprint density at radius 3 is 1.11 bits per heavy atom. The Morgan fingerprint density at radius 2 is 0.591 bits per heavy atom. The molecule has 6 heteroatoms. The van der Waals surface area contributed by atoms with E-state index < -0.39 is 0 Å². The fourth-order valence-electron chi connectivity index (χ4n) is 18.4. The van der Waals surface area contributed by atoms with Gasteiger partial charge in [0.2, 0.25) is 0 Å². The minimum atomic E-state index is 0.889. The first kappa shape index (κ1) is 65.6. The summed E-state index contributed by atoms with van der Waals surface area (Å²) in [5, 5.41) is 14.2. The summed E-state index contributed by atoms with van der Waals surface area (Å²) >= 11 is 0. The van der Waals surface area contributed by atoms with Crippen LogP contribution in [0.5, 0.6) is 0 Å². The molecule has 0 bridgehead atoms. The number of benzene rings is 17. The lowest BCUT2D eigenvalue weighted by molar-refractivity contribution is 0.669. The van der Waals surface area contributed by atoms with Gasteiger partial charge >= 0.3 is 0 Å². The molecule has 0 radical (unpaired) electrons. The quantitative estimate of drug-likeness (QED) is 0.108. The van der Waals surface area contributed by atoms with Gasteiger partial charge in [0.05, 0.1) is 49.5 Å². The minimum absolute atomic E-state index is 0.889. The second-order valence-electron chi connectivity index (χ2n) is 30.4. The van der Waals surface area contributed by atoms with Crippen molar-refractivity contribution in [1.29, 1.82) is 0 Å². The topological polar surface area (TPSA) is 46.0 Å². The fourth-order valence-corrected chi connectivity index (χ4v) is 18.4. The van der Waals surface area contributed by atoms with Crippen molar-refractivity contribution in [3.8, 4) is 89.5 Å². The molecule has 0 N–H and O–H groups in total. The van der Waals surface area contributed by atoms with Crippen LogP contribution in [0.2, 0.25) is 0 Å². The molecule has 0 aliphatic carbocycles. The van der Waals surface area contributed by atoms with Gasteiger partial charge in [0, 0.05) is 82.0 Å². The highest BCUT2D eigenvalue weighted by atomic mass is 16.3. The molecule has 0 spiro atoms. The number of furan rings is 2. The van der Waals surface area contributed by atoms with Crippen molar-refractivity contribution in [1.82, 2.24) is 18.3 Å². The number of nitrogens with zero attached hydrogens (tertiary/aromatic N) is 4. The molecule has 0 amide bonds. The van der Waals surface area contributed by atoms with Gasteiger partial charge in [0.1, 0.15) is 22.3 Å². The molecule has 0 saturated heterocycles. The van der Waals surface area contributed by atoms with E-state index in [4.69, 9.17) is 8.83 Å². The van der Waals surface area contributed by atoms with Crippen LogP contribution in [0.25, 0.3) is 226 Å². The number of fused-ring (bicyclic) bond motifs is 20. The Balaban J connectivity index is 0.562. The van der Waals surface area contributed by atoms with E-state index in [9.17, 15) is 0 Å². The summed E-state index contributed by atoms with van der Waals surface area (Å²) in [6, 6.07) is 136. The smallest absolute Gasteiger partial charge is 0.137 e. The normalized spacial score (nSPS) is 12.3. The molecule has 6 aromatic heterocycles. The van der Waals surface area contributed by atoms with Crippen LogP contribution >= 0.6 is 0 Å². The molecule has 0 unspecified atom stereocenters. The van der Waals surface area contributed by atoms with E-state index in [-0.39, 0.29) is 0 Å². The van der Waals surface area contributed by atoms with Crippen LogP contribution in [0.3, 0.4) is 0 Å². The largest absolute Gasteiger partial charge is 0.456 e. The lowest BCUT2D eigenvalue weighted by atomic mass is 9.95. The second kappa shape index (κ2) is 26.2. The molecule has 6 heterocycles. The molecular formula is C109H70N4O2. The third kappa shape index (κ3) is 10.6.